The van der Waals surface area contributed by atoms with Crippen molar-refractivity contribution in [1.29, 1.82) is 0 Å². The maximum atomic E-state index is 11.9. The van der Waals surface area contributed by atoms with Gasteiger partial charge in [-0.2, -0.15) is 13.2 Å². The second-order valence-electron chi connectivity index (χ2n) is 2.96. The minimum atomic E-state index is -5.05. The van der Waals surface area contributed by atoms with Crippen LogP contribution in [0.15, 0.2) is 11.6 Å². The lowest BCUT2D eigenvalue weighted by molar-refractivity contribution is -0.168. The molecule has 0 saturated carbocycles. The van der Waals surface area contributed by atoms with E-state index >= 15 is 0 Å². The molecule has 0 aliphatic carbocycles. The Morgan fingerprint density at radius 1 is 1.18 bits per heavy atom. The zero-order valence-electron chi connectivity index (χ0n) is 10.4. The summed E-state index contributed by atoms with van der Waals surface area (Å²) in [7, 11) is 0. The van der Waals surface area contributed by atoms with Crippen molar-refractivity contribution >= 4 is 11.8 Å². The van der Waals surface area contributed by atoms with Crippen molar-refractivity contribution in [2.24, 2.45) is 0 Å². The minimum absolute atomic E-state index is 0.0820. The van der Waals surface area contributed by atoms with Crippen molar-refractivity contribution in [2.45, 2.75) is 40.3 Å². The molecule has 6 heteroatoms. The Kier molecular flexibility index (Phi) is 9.32. The number of allylic oxidation sites excluding steroid dienone is 1. The van der Waals surface area contributed by atoms with Gasteiger partial charge in [0, 0.05) is 0 Å². The van der Waals surface area contributed by atoms with Gasteiger partial charge in [-0.1, -0.05) is 26.3 Å². The topological polar surface area (TPSA) is 43.4 Å². The van der Waals surface area contributed by atoms with Crippen LogP contribution < -0.4 is 0 Å². The average Bonchev–Trinajstić information content (AvgIpc) is 2.18. The standard InChI is InChI=1S/C8H9F3O3.C3H8/c1-3-5(7(13)14-4-2)6(12)8(9,10)11;1-3-2/h3H,4H2,1-2H3;3H2,1-2H3/b5-3-;. The fraction of sp³-hybridized carbons (Fsp3) is 0.636. The first kappa shape index (κ1) is 18.0. The second kappa shape index (κ2) is 8.78. The Balaban J connectivity index is 0. The summed E-state index contributed by atoms with van der Waals surface area (Å²) in [4.78, 5) is 21.5. The summed E-state index contributed by atoms with van der Waals surface area (Å²) in [6.07, 6.45) is -3.01. The van der Waals surface area contributed by atoms with E-state index in [2.05, 4.69) is 18.6 Å². The summed E-state index contributed by atoms with van der Waals surface area (Å²) in [6, 6.07) is 0. The average molecular weight is 254 g/mol. The minimum Gasteiger partial charge on any atom is -0.462 e. The maximum Gasteiger partial charge on any atom is 0.455 e. The zero-order valence-corrected chi connectivity index (χ0v) is 10.4. The van der Waals surface area contributed by atoms with Gasteiger partial charge < -0.3 is 4.74 Å². The maximum absolute atomic E-state index is 11.9. The summed E-state index contributed by atoms with van der Waals surface area (Å²) >= 11 is 0. The number of Topliss-reactive ketones (excluding diaryl/α,β-unsaturated/α-hetero) is 1. The number of hydrogen-bond donors (Lipinski definition) is 0. The van der Waals surface area contributed by atoms with Gasteiger partial charge >= 0.3 is 12.1 Å². The summed E-state index contributed by atoms with van der Waals surface area (Å²) in [5.41, 5.74) is -0.987. The van der Waals surface area contributed by atoms with E-state index in [1.165, 1.54) is 13.3 Å². The third-order valence-corrected chi connectivity index (χ3v) is 1.29. The number of rotatable bonds is 3. The SMILES string of the molecule is C/C=C(\C(=O)OCC)C(=O)C(F)(F)F.CCC. The second-order valence-corrected chi connectivity index (χ2v) is 2.96. The highest BCUT2D eigenvalue weighted by Gasteiger charge is 2.43. The monoisotopic (exact) mass is 254 g/mol. The number of carbonyl (C=O) groups is 2. The molecule has 0 aliphatic rings. The van der Waals surface area contributed by atoms with Crippen molar-refractivity contribution < 1.29 is 27.5 Å². The number of halogens is 3. The number of hydrogen-bond acceptors (Lipinski definition) is 3. The Morgan fingerprint density at radius 3 is 1.82 bits per heavy atom. The van der Waals surface area contributed by atoms with Crippen LogP contribution in [0.1, 0.15) is 34.1 Å². The molecule has 0 aromatic carbocycles. The molecule has 0 heterocycles. The Labute approximate surface area is 98.6 Å². The van der Waals surface area contributed by atoms with E-state index in [0.29, 0.717) is 0 Å². The lowest BCUT2D eigenvalue weighted by Gasteiger charge is -2.07. The van der Waals surface area contributed by atoms with E-state index < -0.39 is 23.5 Å². The highest BCUT2D eigenvalue weighted by atomic mass is 19.4. The molecular weight excluding hydrogens is 237 g/mol. The molecule has 0 radical (unpaired) electrons. The number of carbonyl (C=O) groups excluding carboxylic acids is 2. The largest absolute Gasteiger partial charge is 0.462 e. The summed E-state index contributed by atoms with van der Waals surface area (Å²) < 4.78 is 39.9. The lowest BCUT2D eigenvalue weighted by atomic mass is 10.1. The summed E-state index contributed by atoms with van der Waals surface area (Å²) in [5, 5.41) is 0. The van der Waals surface area contributed by atoms with Crippen LogP contribution in [-0.2, 0) is 14.3 Å². The van der Waals surface area contributed by atoms with Crippen molar-refractivity contribution in [3.63, 3.8) is 0 Å². The third-order valence-electron chi connectivity index (χ3n) is 1.29. The predicted octanol–water partition coefficient (Wildman–Crippen LogP) is 3.04. The van der Waals surface area contributed by atoms with E-state index in [1.807, 2.05) is 0 Å². The van der Waals surface area contributed by atoms with Crippen LogP contribution in [0.5, 0.6) is 0 Å². The van der Waals surface area contributed by atoms with Gasteiger partial charge in [0.2, 0.25) is 0 Å². The van der Waals surface area contributed by atoms with E-state index in [1.54, 1.807) is 0 Å². The molecule has 100 valence electrons. The van der Waals surface area contributed by atoms with E-state index in [0.717, 1.165) is 13.0 Å². The van der Waals surface area contributed by atoms with Gasteiger partial charge in [-0.15, -0.1) is 0 Å². The van der Waals surface area contributed by atoms with Gasteiger partial charge in [0.15, 0.2) is 0 Å². The predicted molar refractivity (Wildman–Crippen MR) is 57.4 cm³/mol. The molecule has 0 N–H and O–H groups in total. The Hall–Kier alpha value is -1.33. The normalized spacial score (nSPS) is 11.4. The molecule has 0 aromatic heterocycles. The van der Waals surface area contributed by atoms with Crippen LogP contribution in [0.4, 0.5) is 13.2 Å². The highest BCUT2D eigenvalue weighted by molar-refractivity contribution is 6.19. The molecule has 0 spiro atoms. The molecule has 0 amide bonds. The molecule has 0 aliphatic heterocycles. The number of ether oxygens (including phenoxy) is 1. The molecule has 0 unspecified atom stereocenters. The number of ketones is 1. The van der Waals surface area contributed by atoms with Gasteiger partial charge in [0.1, 0.15) is 5.57 Å². The van der Waals surface area contributed by atoms with Gasteiger partial charge in [-0.05, 0) is 13.8 Å². The van der Waals surface area contributed by atoms with Crippen molar-refractivity contribution in [1.82, 2.24) is 0 Å². The molecule has 0 aromatic rings. The van der Waals surface area contributed by atoms with Crippen molar-refractivity contribution in [2.75, 3.05) is 6.61 Å². The number of alkyl halides is 3. The zero-order chi connectivity index (χ0) is 14.1. The summed E-state index contributed by atoms with van der Waals surface area (Å²) in [6.45, 7) is 6.76. The first-order chi connectivity index (χ1) is 7.75. The van der Waals surface area contributed by atoms with E-state index in [9.17, 15) is 22.8 Å². The molecule has 0 atom stereocenters. The third kappa shape index (κ3) is 7.54. The lowest BCUT2D eigenvalue weighted by Crippen LogP contribution is -2.29. The Morgan fingerprint density at radius 2 is 1.59 bits per heavy atom. The fourth-order valence-electron chi connectivity index (χ4n) is 0.703. The molecule has 0 rings (SSSR count). The van der Waals surface area contributed by atoms with E-state index in [-0.39, 0.29) is 6.61 Å². The summed E-state index contributed by atoms with van der Waals surface area (Å²) in [5.74, 6) is -3.43. The Bertz CT molecular complexity index is 280. The van der Waals surface area contributed by atoms with Crippen LogP contribution in [0.25, 0.3) is 0 Å². The van der Waals surface area contributed by atoms with E-state index in [4.69, 9.17) is 0 Å². The molecule has 3 nitrogen and oxygen atoms in total. The van der Waals surface area contributed by atoms with Gasteiger partial charge in [-0.3, -0.25) is 4.79 Å². The fourth-order valence-corrected chi connectivity index (χ4v) is 0.703. The first-order valence-corrected chi connectivity index (χ1v) is 5.21. The van der Waals surface area contributed by atoms with Gasteiger partial charge in [0.05, 0.1) is 6.61 Å². The van der Waals surface area contributed by atoms with Crippen LogP contribution in [0.3, 0.4) is 0 Å². The van der Waals surface area contributed by atoms with Crippen molar-refractivity contribution in [3.05, 3.63) is 11.6 Å². The van der Waals surface area contributed by atoms with Crippen LogP contribution >= 0.6 is 0 Å². The smallest absolute Gasteiger partial charge is 0.455 e. The van der Waals surface area contributed by atoms with Gasteiger partial charge in [0.25, 0.3) is 5.78 Å². The van der Waals surface area contributed by atoms with Crippen LogP contribution in [-0.4, -0.2) is 24.5 Å². The molecule has 17 heavy (non-hydrogen) atoms. The van der Waals surface area contributed by atoms with Gasteiger partial charge in [-0.25, -0.2) is 4.79 Å². The van der Waals surface area contributed by atoms with Crippen molar-refractivity contribution in [3.8, 4) is 0 Å². The first-order valence-electron chi connectivity index (χ1n) is 5.21. The molecule has 0 bridgehead atoms. The molecule has 0 fully saturated rings. The van der Waals surface area contributed by atoms with Crippen LogP contribution in [0.2, 0.25) is 0 Å². The molecular formula is C11H17F3O3. The molecule has 0 saturated heterocycles. The number of esters is 1. The highest BCUT2D eigenvalue weighted by Crippen LogP contribution is 2.21. The van der Waals surface area contributed by atoms with Crippen LogP contribution in [0, 0.1) is 0 Å². The quantitative estimate of drug-likeness (QED) is 0.336.